The second-order valence-corrected chi connectivity index (χ2v) is 5.88. The molecule has 1 aromatic rings. The van der Waals surface area contributed by atoms with E-state index >= 15 is 0 Å². The number of carbonyl (C=O) groups is 1. The van der Waals surface area contributed by atoms with Crippen molar-refractivity contribution in [2.24, 2.45) is 0 Å². The summed E-state index contributed by atoms with van der Waals surface area (Å²) in [5, 5.41) is 8.68. The Morgan fingerprint density at radius 3 is 2.67 bits per heavy atom. The number of aliphatic hydroxyl groups excluding tert-OH is 1. The molecule has 0 spiro atoms. The number of carbonyl (C=O) groups excluding carboxylic acids is 1. The second-order valence-electron chi connectivity index (χ2n) is 4.11. The molecule has 118 valence electrons. The molecule has 0 atom stereocenters. The zero-order valence-electron chi connectivity index (χ0n) is 12.0. The van der Waals surface area contributed by atoms with Crippen molar-refractivity contribution in [1.29, 1.82) is 0 Å². The van der Waals surface area contributed by atoms with Crippen LogP contribution in [0.1, 0.15) is 12.5 Å². The van der Waals surface area contributed by atoms with Crippen molar-refractivity contribution in [1.82, 2.24) is 4.72 Å². The van der Waals surface area contributed by atoms with Crippen molar-refractivity contribution in [3.05, 3.63) is 23.8 Å². The molecule has 2 N–H and O–H groups in total. The van der Waals surface area contributed by atoms with E-state index in [1.54, 1.807) is 0 Å². The van der Waals surface area contributed by atoms with Gasteiger partial charge in [-0.05, 0) is 30.2 Å². The summed E-state index contributed by atoms with van der Waals surface area (Å²) in [6.07, 6.45) is 0.542. The maximum absolute atomic E-state index is 11.9. The van der Waals surface area contributed by atoms with Crippen LogP contribution >= 0.6 is 0 Å². The smallest absolute Gasteiger partial charge is 0.343 e. The van der Waals surface area contributed by atoms with Gasteiger partial charge in [-0.3, -0.25) is 0 Å². The first kappa shape index (κ1) is 17.4. The van der Waals surface area contributed by atoms with Crippen molar-refractivity contribution in [3.63, 3.8) is 0 Å². The molecule has 0 saturated heterocycles. The van der Waals surface area contributed by atoms with Crippen molar-refractivity contribution in [2.75, 3.05) is 26.9 Å². The number of aliphatic hydroxyl groups is 1. The number of esters is 1. The standard InChI is InChI=1S/C13H19NO6S/c1-3-10-8-11(21(17,18)14-6-7-15)4-5-12(10)20-9-13(16)19-2/h4-5,8,14-15H,3,6-7,9H2,1-2H3. The van der Waals surface area contributed by atoms with E-state index in [-0.39, 0.29) is 24.7 Å². The van der Waals surface area contributed by atoms with Crippen LogP contribution < -0.4 is 9.46 Å². The average Bonchev–Trinajstić information content (AvgIpc) is 2.50. The third kappa shape index (κ3) is 5.00. The maximum Gasteiger partial charge on any atom is 0.343 e. The Labute approximate surface area is 123 Å². The summed E-state index contributed by atoms with van der Waals surface area (Å²) in [5.41, 5.74) is 0.658. The van der Waals surface area contributed by atoms with Crippen LogP contribution in [0.5, 0.6) is 5.75 Å². The van der Waals surface area contributed by atoms with Gasteiger partial charge in [0.2, 0.25) is 10.0 Å². The predicted molar refractivity (Wildman–Crippen MR) is 75.6 cm³/mol. The Morgan fingerprint density at radius 1 is 1.38 bits per heavy atom. The van der Waals surface area contributed by atoms with Gasteiger partial charge in [-0.15, -0.1) is 0 Å². The summed E-state index contributed by atoms with van der Waals surface area (Å²) in [6, 6.07) is 4.35. The summed E-state index contributed by atoms with van der Waals surface area (Å²) in [6.45, 7) is 1.28. The summed E-state index contributed by atoms with van der Waals surface area (Å²) < 4.78 is 35.9. The monoisotopic (exact) mass is 317 g/mol. The van der Waals surface area contributed by atoms with E-state index in [0.29, 0.717) is 17.7 Å². The zero-order chi connectivity index (χ0) is 15.9. The molecular weight excluding hydrogens is 298 g/mol. The van der Waals surface area contributed by atoms with Gasteiger partial charge in [-0.2, -0.15) is 0 Å². The molecule has 0 fully saturated rings. The van der Waals surface area contributed by atoms with Gasteiger partial charge >= 0.3 is 5.97 Å². The minimum absolute atomic E-state index is 0.0512. The van der Waals surface area contributed by atoms with Crippen molar-refractivity contribution < 1.29 is 27.8 Å². The Balaban J connectivity index is 2.95. The van der Waals surface area contributed by atoms with E-state index in [1.807, 2.05) is 6.92 Å². The van der Waals surface area contributed by atoms with Crippen LogP contribution in [-0.2, 0) is 26.0 Å². The first-order valence-corrected chi connectivity index (χ1v) is 7.86. The lowest BCUT2D eigenvalue weighted by Crippen LogP contribution is -2.26. The summed E-state index contributed by atoms with van der Waals surface area (Å²) in [7, 11) is -2.41. The molecule has 0 aliphatic heterocycles. The molecule has 0 saturated carbocycles. The van der Waals surface area contributed by atoms with Gasteiger partial charge in [0.25, 0.3) is 0 Å². The number of aryl methyl sites for hydroxylation is 1. The van der Waals surface area contributed by atoms with Crippen LogP contribution in [0.25, 0.3) is 0 Å². The van der Waals surface area contributed by atoms with Gasteiger partial charge in [0.15, 0.2) is 6.61 Å². The van der Waals surface area contributed by atoms with Crippen LogP contribution in [0.15, 0.2) is 23.1 Å². The van der Waals surface area contributed by atoms with Crippen LogP contribution in [-0.4, -0.2) is 46.4 Å². The van der Waals surface area contributed by atoms with Gasteiger partial charge in [-0.1, -0.05) is 6.92 Å². The topological polar surface area (TPSA) is 102 Å². The number of hydrogen-bond donors (Lipinski definition) is 2. The van der Waals surface area contributed by atoms with Crippen LogP contribution in [0, 0.1) is 0 Å². The van der Waals surface area contributed by atoms with E-state index in [2.05, 4.69) is 9.46 Å². The predicted octanol–water partition coefficient (Wildman–Crippen LogP) is 0.0714. The summed E-state index contributed by atoms with van der Waals surface area (Å²) in [4.78, 5) is 11.1. The highest BCUT2D eigenvalue weighted by Gasteiger charge is 2.16. The molecule has 0 aromatic heterocycles. The lowest BCUT2D eigenvalue weighted by atomic mass is 10.1. The van der Waals surface area contributed by atoms with Crippen molar-refractivity contribution in [2.45, 2.75) is 18.2 Å². The van der Waals surface area contributed by atoms with Gasteiger partial charge < -0.3 is 14.6 Å². The van der Waals surface area contributed by atoms with Crippen LogP contribution in [0.4, 0.5) is 0 Å². The number of methoxy groups -OCH3 is 1. The van der Waals surface area contributed by atoms with E-state index in [1.165, 1.54) is 25.3 Å². The number of hydrogen-bond acceptors (Lipinski definition) is 6. The summed E-state index contributed by atoms with van der Waals surface area (Å²) in [5.74, 6) is -0.0811. The molecule has 21 heavy (non-hydrogen) atoms. The minimum atomic E-state index is -3.66. The number of nitrogens with one attached hydrogen (secondary N) is 1. The molecule has 0 aliphatic rings. The highest BCUT2D eigenvalue weighted by Crippen LogP contribution is 2.23. The first-order valence-electron chi connectivity index (χ1n) is 6.37. The van der Waals surface area contributed by atoms with Crippen molar-refractivity contribution in [3.8, 4) is 5.75 Å². The lowest BCUT2D eigenvalue weighted by Gasteiger charge is -2.12. The average molecular weight is 317 g/mol. The number of rotatable bonds is 8. The maximum atomic E-state index is 11.9. The SMILES string of the molecule is CCc1cc(S(=O)(=O)NCCO)ccc1OCC(=O)OC. The third-order valence-corrected chi connectivity index (χ3v) is 4.16. The van der Waals surface area contributed by atoms with Crippen LogP contribution in [0.2, 0.25) is 0 Å². The molecular formula is C13H19NO6S. The quantitative estimate of drug-likeness (QED) is 0.658. The molecule has 8 heteroatoms. The number of sulfonamides is 1. The molecule has 0 heterocycles. The Morgan fingerprint density at radius 2 is 2.10 bits per heavy atom. The molecule has 1 aromatic carbocycles. The fourth-order valence-electron chi connectivity index (χ4n) is 1.60. The molecule has 0 unspecified atom stereocenters. The number of ether oxygens (including phenoxy) is 2. The third-order valence-electron chi connectivity index (χ3n) is 2.70. The normalized spacial score (nSPS) is 11.2. The van der Waals surface area contributed by atoms with Crippen LogP contribution in [0.3, 0.4) is 0 Å². The Hall–Kier alpha value is -1.64. The molecule has 0 aliphatic carbocycles. The lowest BCUT2D eigenvalue weighted by molar-refractivity contribution is -0.142. The summed E-state index contributed by atoms with van der Waals surface area (Å²) >= 11 is 0. The van der Waals surface area contributed by atoms with Gasteiger partial charge in [-0.25, -0.2) is 17.9 Å². The van der Waals surface area contributed by atoms with Gasteiger partial charge in [0.1, 0.15) is 5.75 Å². The van der Waals surface area contributed by atoms with E-state index in [4.69, 9.17) is 9.84 Å². The van der Waals surface area contributed by atoms with E-state index in [0.717, 1.165) is 0 Å². The van der Waals surface area contributed by atoms with E-state index < -0.39 is 16.0 Å². The Bertz CT molecular complexity index is 584. The molecule has 7 nitrogen and oxygen atoms in total. The fourth-order valence-corrected chi connectivity index (χ4v) is 2.67. The minimum Gasteiger partial charge on any atom is -0.482 e. The highest BCUT2D eigenvalue weighted by molar-refractivity contribution is 7.89. The second kappa shape index (κ2) is 7.96. The van der Waals surface area contributed by atoms with Gasteiger partial charge in [0.05, 0.1) is 18.6 Å². The molecule has 0 radical (unpaired) electrons. The van der Waals surface area contributed by atoms with Crippen molar-refractivity contribution >= 4 is 16.0 Å². The Kier molecular flexibility index (Phi) is 6.60. The largest absolute Gasteiger partial charge is 0.482 e. The van der Waals surface area contributed by atoms with Gasteiger partial charge in [0, 0.05) is 6.54 Å². The first-order chi connectivity index (χ1) is 9.94. The van der Waals surface area contributed by atoms with E-state index in [9.17, 15) is 13.2 Å². The molecule has 0 bridgehead atoms. The zero-order valence-corrected chi connectivity index (χ0v) is 12.8. The molecule has 0 amide bonds. The highest BCUT2D eigenvalue weighted by atomic mass is 32.2. The number of benzene rings is 1. The fraction of sp³-hybridized carbons (Fsp3) is 0.462. The molecule has 1 rings (SSSR count).